The average molecular weight is 382 g/mol. The minimum atomic E-state index is -0.965. The van der Waals surface area contributed by atoms with E-state index in [1.165, 1.54) is 6.92 Å². The molecule has 23 heavy (non-hydrogen) atoms. The predicted molar refractivity (Wildman–Crippen MR) is 104 cm³/mol. The van der Waals surface area contributed by atoms with Crippen LogP contribution in [-0.4, -0.2) is 17.1 Å². The lowest BCUT2D eigenvalue weighted by Crippen LogP contribution is -2.30. The summed E-state index contributed by atoms with van der Waals surface area (Å²) in [6.45, 7) is 8.79. The number of carbonyl (C=O) groups is 1. The van der Waals surface area contributed by atoms with Gasteiger partial charge in [0.2, 0.25) is 0 Å². The van der Waals surface area contributed by atoms with E-state index in [2.05, 4.69) is 46.1 Å². The Morgan fingerprint density at radius 2 is 1.70 bits per heavy atom. The van der Waals surface area contributed by atoms with Crippen molar-refractivity contribution < 1.29 is 9.90 Å². The maximum atomic E-state index is 10.7. The molecule has 0 saturated carbocycles. The van der Waals surface area contributed by atoms with Crippen LogP contribution in [0.2, 0.25) is 0 Å². The summed E-state index contributed by atoms with van der Waals surface area (Å²) in [6, 6.07) is 0. The zero-order chi connectivity index (χ0) is 17.9. The second kappa shape index (κ2) is 18.4. The maximum Gasteiger partial charge on any atom is 0.253 e. The largest absolute Gasteiger partial charge is 0.384 e. The summed E-state index contributed by atoms with van der Waals surface area (Å²) in [4.78, 5) is 10.7. The normalized spacial score (nSPS) is 13.5. The molecule has 128 valence electrons. The number of amides is 1. The van der Waals surface area contributed by atoms with Crippen molar-refractivity contribution in [3.63, 3.8) is 0 Å². The molecule has 3 nitrogen and oxygen atoms in total. The summed E-state index contributed by atoms with van der Waals surface area (Å²) in [7, 11) is 0. The number of unbranched alkanes of at least 4 members (excludes halogenated alkanes) is 1. The van der Waals surface area contributed by atoms with E-state index in [1.807, 2.05) is 37.3 Å². The van der Waals surface area contributed by atoms with Gasteiger partial charge in [0.15, 0.2) is 0 Å². The summed E-state index contributed by atoms with van der Waals surface area (Å²) >= 11 is 3.06. The van der Waals surface area contributed by atoms with E-state index in [-0.39, 0.29) is 0 Å². The number of aliphatic hydroxyl groups is 1. The Morgan fingerprint density at radius 3 is 2.13 bits per heavy atom. The quantitative estimate of drug-likeness (QED) is 0.355. The second-order valence-electron chi connectivity index (χ2n) is 4.38. The van der Waals surface area contributed by atoms with Crippen molar-refractivity contribution in [3.05, 3.63) is 71.9 Å². The summed E-state index contributed by atoms with van der Waals surface area (Å²) in [5, 5.41) is 11.1. The number of nitrogens with one attached hydrogen (secondary N) is 1. The van der Waals surface area contributed by atoms with Gasteiger partial charge in [0.05, 0.1) is 4.61 Å². The lowest BCUT2D eigenvalue weighted by Gasteiger charge is -2.04. The van der Waals surface area contributed by atoms with E-state index in [9.17, 15) is 4.79 Å². The Balaban J connectivity index is 0. The lowest BCUT2D eigenvalue weighted by molar-refractivity contribution is -0.127. The van der Waals surface area contributed by atoms with Gasteiger partial charge in [0, 0.05) is 0 Å². The minimum Gasteiger partial charge on any atom is -0.384 e. The third kappa shape index (κ3) is 20.4. The average Bonchev–Trinajstić information content (AvgIpc) is 2.53. The number of halogens is 1. The van der Waals surface area contributed by atoms with Gasteiger partial charge in [-0.15, -0.1) is 0 Å². The molecule has 0 heterocycles. The molecular formula is C19H28BrNO2. The molecule has 0 aromatic heterocycles. The Hall–Kier alpha value is -1.65. The Morgan fingerprint density at radius 1 is 1.13 bits per heavy atom. The van der Waals surface area contributed by atoms with Crippen molar-refractivity contribution in [3.8, 4) is 0 Å². The van der Waals surface area contributed by atoms with Gasteiger partial charge in [0.1, 0.15) is 6.10 Å². The van der Waals surface area contributed by atoms with E-state index in [0.717, 1.165) is 12.8 Å². The van der Waals surface area contributed by atoms with Crippen LogP contribution in [0.4, 0.5) is 0 Å². The highest BCUT2D eigenvalue weighted by Crippen LogP contribution is 1.98. The minimum absolute atomic E-state index is 0.412. The van der Waals surface area contributed by atoms with Gasteiger partial charge < -0.3 is 10.4 Å². The van der Waals surface area contributed by atoms with Crippen LogP contribution < -0.4 is 5.32 Å². The zero-order valence-electron chi connectivity index (χ0n) is 14.2. The van der Waals surface area contributed by atoms with E-state index < -0.39 is 12.0 Å². The van der Waals surface area contributed by atoms with Crippen LogP contribution in [-0.2, 0) is 4.79 Å². The molecule has 1 atom stereocenters. The highest BCUT2D eigenvalue weighted by molar-refractivity contribution is 9.11. The zero-order valence-corrected chi connectivity index (χ0v) is 15.8. The Labute approximate surface area is 149 Å². The highest BCUT2D eigenvalue weighted by atomic mass is 79.9. The molecule has 0 aliphatic carbocycles. The van der Waals surface area contributed by atoms with Crippen molar-refractivity contribution in [1.82, 2.24) is 5.32 Å². The van der Waals surface area contributed by atoms with Crippen molar-refractivity contribution >= 4 is 21.8 Å². The van der Waals surface area contributed by atoms with E-state index >= 15 is 0 Å². The van der Waals surface area contributed by atoms with Crippen molar-refractivity contribution in [2.45, 2.75) is 39.7 Å². The van der Waals surface area contributed by atoms with Crippen molar-refractivity contribution in [2.24, 2.45) is 0 Å². The molecule has 4 heteroatoms. The van der Waals surface area contributed by atoms with Gasteiger partial charge in [-0.3, -0.25) is 4.79 Å². The molecule has 1 amide bonds. The van der Waals surface area contributed by atoms with Crippen LogP contribution >= 0.6 is 15.9 Å². The van der Waals surface area contributed by atoms with Crippen LogP contribution in [0.5, 0.6) is 0 Å². The van der Waals surface area contributed by atoms with Gasteiger partial charge in [-0.25, -0.2) is 0 Å². The fourth-order valence-corrected chi connectivity index (χ4v) is 1.29. The molecule has 0 radical (unpaired) electrons. The monoisotopic (exact) mass is 381 g/mol. The third-order valence-corrected chi connectivity index (χ3v) is 2.97. The summed E-state index contributed by atoms with van der Waals surface area (Å²) < 4.78 is 0.568. The predicted octanol–water partition coefficient (Wildman–Crippen LogP) is 4.94. The standard InChI is InChI=1S/C13H18.C6H10BrNO2/c1-3-5-7-9-11-13-12-10-8-6-4-2;1-3-5(7)8-6(10)4(2)9/h3-11H,1,12-13H2,2H3;3-4,9H,1-2H3,(H,8,10)/b6-4-,7-5-,10-8-,11-9-;5-3-. The first-order valence-corrected chi connectivity index (χ1v) is 8.31. The fraction of sp³-hybridized carbons (Fsp3) is 0.316. The van der Waals surface area contributed by atoms with Crippen LogP contribution in [0.25, 0.3) is 0 Å². The van der Waals surface area contributed by atoms with Crippen molar-refractivity contribution in [2.75, 3.05) is 0 Å². The van der Waals surface area contributed by atoms with Gasteiger partial charge in [-0.05, 0) is 49.5 Å². The van der Waals surface area contributed by atoms with E-state index in [1.54, 1.807) is 19.1 Å². The third-order valence-electron chi connectivity index (χ3n) is 2.31. The molecule has 2 N–H and O–H groups in total. The molecule has 0 bridgehead atoms. The molecule has 0 rings (SSSR count). The topological polar surface area (TPSA) is 49.3 Å². The highest BCUT2D eigenvalue weighted by Gasteiger charge is 2.07. The lowest BCUT2D eigenvalue weighted by atomic mass is 10.2. The van der Waals surface area contributed by atoms with Gasteiger partial charge in [-0.1, -0.05) is 67.3 Å². The molecule has 0 aliphatic rings. The Kier molecular flexibility index (Phi) is 18.9. The first kappa shape index (κ1) is 23.6. The number of allylic oxidation sites excluding steroid dienone is 10. The van der Waals surface area contributed by atoms with Crippen molar-refractivity contribution in [1.29, 1.82) is 0 Å². The SMILES string of the molecule is C/C=C(/Br)NC(=O)C(C)O.C=C/C=C\C=C/CC/C=C\C=C/C. The number of carbonyl (C=O) groups excluding carboxylic acids is 1. The van der Waals surface area contributed by atoms with Gasteiger partial charge in [-0.2, -0.15) is 0 Å². The molecule has 0 fully saturated rings. The number of hydrogen-bond acceptors (Lipinski definition) is 2. The summed E-state index contributed by atoms with van der Waals surface area (Å²) in [6.07, 6.45) is 21.1. The first-order valence-electron chi connectivity index (χ1n) is 7.52. The number of rotatable bonds is 8. The molecule has 0 saturated heterocycles. The number of aliphatic hydroxyl groups excluding tert-OH is 1. The molecule has 0 aromatic rings. The molecule has 0 spiro atoms. The van der Waals surface area contributed by atoms with Crippen LogP contribution in [0.15, 0.2) is 71.9 Å². The van der Waals surface area contributed by atoms with Gasteiger partial charge in [0.25, 0.3) is 5.91 Å². The molecular weight excluding hydrogens is 354 g/mol. The fourth-order valence-electron chi connectivity index (χ4n) is 1.09. The summed E-state index contributed by atoms with van der Waals surface area (Å²) in [5.74, 6) is -0.412. The van der Waals surface area contributed by atoms with Gasteiger partial charge >= 0.3 is 0 Å². The van der Waals surface area contributed by atoms with Crippen LogP contribution in [0.1, 0.15) is 33.6 Å². The molecule has 1 unspecified atom stereocenters. The van der Waals surface area contributed by atoms with Crippen LogP contribution in [0, 0.1) is 0 Å². The first-order chi connectivity index (χ1) is 11.0. The molecule has 0 aromatic carbocycles. The maximum absolute atomic E-state index is 10.7. The number of hydrogen-bond donors (Lipinski definition) is 2. The molecule has 0 aliphatic heterocycles. The summed E-state index contributed by atoms with van der Waals surface area (Å²) in [5.41, 5.74) is 0. The van der Waals surface area contributed by atoms with E-state index in [4.69, 9.17) is 5.11 Å². The Bertz CT molecular complexity index is 458. The van der Waals surface area contributed by atoms with E-state index in [0.29, 0.717) is 4.61 Å². The van der Waals surface area contributed by atoms with Crippen LogP contribution in [0.3, 0.4) is 0 Å². The second-order valence-corrected chi connectivity index (χ2v) is 5.24. The smallest absolute Gasteiger partial charge is 0.253 e.